The van der Waals surface area contributed by atoms with Crippen molar-refractivity contribution in [2.75, 3.05) is 26.2 Å². The first-order valence-corrected chi connectivity index (χ1v) is 7.48. The summed E-state index contributed by atoms with van der Waals surface area (Å²) in [4.78, 5) is 2.38. The highest BCUT2D eigenvalue weighted by Crippen LogP contribution is 2.17. The second-order valence-corrected chi connectivity index (χ2v) is 5.46. The van der Waals surface area contributed by atoms with Gasteiger partial charge in [0, 0.05) is 12.6 Å². The molecule has 1 unspecified atom stereocenters. The fraction of sp³-hybridized carbons (Fsp3) is 0.625. The summed E-state index contributed by atoms with van der Waals surface area (Å²) in [6.45, 7) is 6.26. The molecule has 3 heteroatoms. The van der Waals surface area contributed by atoms with Gasteiger partial charge in [0.2, 0.25) is 0 Å². The summed E-state index contributed by atoms with van der Waals surface area (Å²) in [5.41, 5.74) is 1.02. The van der Waals surface area contributed by atoms with Gasteiger partial charge < -0.3 is 15.3 Å². The fourth-order valence-electron chi connectivity index (χ4n) is 2.69. The van der Waals surface area contributed by atoms with E-state index in [0.717, 1.165) is 31.7 Å². The Balaban J connectivity index is 1.73. The number of nitrogens with zero attached hydrogens (tertiary/aromatic N) is 1. The van der Waals surface area contributed by atoms with E-state index in [1.165, 1.54) is 19.3 Å². The first-order valence-electron chi connectivity index (χ1n) is 7.48. The number of hydrogen-bond acceptors (Lipinski definition) is 3. The van der Waals surface area contributed by atoms with E-state index in [1.807, 2.05) is 30.3 Å². The number of nitrogens with one attached hydrogen (secondary N) is 1. The van der Waals surface area contributed by atoms with E-state index in [0.29, 0.717) is 6.04 Å². The van der Waals surface area contributed by atoms with Crippen LogP contribution in [0.15, 0.2) is 30.3 Å². The highest BCUT2D eigenvalue weighted by molar-refractivity contribution is 5.17. The average Bonchev–Trinajstić information content (AvgIpc) is 2.47. The highest BCUT2D eigenvalue weighted by Gasteiger charge is 2.20. The molecule has 0 aliphatic carbocycles. The third-order valence-electron chi connectivity index (χ3n) is 3.89. The molecule has 2 rings (SSSR count). The molecular weight excluding hydrogens is 236 g/mol. The SMILES string of the molecule is CCCNC1CCN(CC(O)c2ccccc2)CC1. The van der Waals surface area contributed by atoms with Gasteiger partial charge in [-0.15, -0.1) is 0 Å². The van der Waals surface area contributed by atoms with Gasteiger partial charge in [0.05, 0.1) is 6.10 Å². The highest BCUT2D eigenvalue weighted by atomic mass is 16.3. The topological polar surface area (TPSA) is 35.5 Å². The maximum atomic E-state index is 10.2. The van der Waals surface area contributed by atoms with E-state index in [4.69, 9.17) is 0 Å². The van der Waals surface area contributed by atoms with Crippen LogP contribution in [-0.4, -0.2) is 42.2 Å². The summed E-state index contributed by atoms with van der Waals surface area (Å²) >= 11 is 0. The largest absolute Gasteiger partial charge is 0.387 e. The van der Waals surface area contributed by atoms with Gasteiger partial charge in [-0.05, 0) is 44.5 Å². The molecule has 0 radical (unpaired) electrons. The predicted octanol–water partition coefficient (Wildman–Crippen LogP) is 2.18. The number of aliphatic hydroxyl groups excluding tert-OH is 1. The Kier molecular flexibility index (Phi) is 5.83. The van der Waals surface area contributed by atoms with Crippen molar-refractivity contribution in [3.05, 3.63) is 35.9 Å². The molecule has 2 N–H and O–H groups in total. The molecule has 0 amide bonds. The van der Waals surface area contributed by atoms with Crippen LogP contribution in [0, 0.1) is 0 Å². The van der Waals surface area contributed by atoms with Crippen LogP contribution in [0.1, 0.15) is 37.9 Å². The molecule has 0 saturated carbocycles. The quantitative estimate of drug-likeness (QED) is 0.825. The Hall–Kier alpha value is -0.900. The maximum absolute atomic E-state index is 10.2. The van der Waals surface area contributed by atoms with Gasteiger partial charge in [0.25, 0.3) is 0 Å². The predicted molar refractivity (Wildman–Crippen MR) is 79.2 cm³/mol. The summed E-state index contributed by atoms with van der Waals surface area (Å²) in [5, 5.41) is 13.8. The molecular formula is C16H26N2O. The molecule has 1 heterocycles. The molecule has 106 valence electrons. The molecule has 1 aromatic rings. The number of likely N-dealkylation sites (tertiary alicyclic amines) is 1. The summed E-state index contributed by atoms with van der Waals surface area (Å²) in [7, 11) is 0. The van der Waals surface area contributed by atoms with Crippen molar-refractivity contribution in [1.82, 2.24) is 10.2 Å². The zero-order valence-electron chi connectivity index (χ0n) is 11.9. The lowest BCUT2D eigenvalue weighted by molar-refractivity contribution is 0.0942. The molecule has 1 aromatic carbocycles. The van der Waals surface area contributed by atoms with Crippen LogP contribution in [0.3, 0.4) is 0 Å². The third-order valence-corrected chi connectivity index (χ3v) is 3.89. The van der Waals surface area contributed by atoms with Gasteiger partial charge in [0.1, 0.15) is 0 Å². The Morgan fingerprint density at radius 3 is 2.58 bits per heavy atom. The summed E-state index contributed by atoms with van der Waals surface area (Å²) in [6, 6.07) is 10.6. The zero-order valence-corrected chi connectivity index (χ0v) is 11.9. The van der Waals surface area contributed by atoms with Gasteiger partial charge >= 0.3 is 0 Å². The van der Waals surface area contributed by atoms with Crippen molar-refractivity contribution in [2.45, 2.75) is 38.3 Å². The van der Waals surface area contributed by atoms with Gasteiger partial charge in [-0.2, -0.15) is 0 Å². The summed E-state index contributed by atoms with van der Waals surface area (Å²) in [5.74, 6) is 0. The smallest absolute Gasteiger partial charge is 0.0916 e. The lowest BCUT2D eigenvalue weighted by Crippen LogP contribution is -2.43. The van der Waals surface area contributed by atoms with Crippen LogP contribution in [0.4, 0.5) is 0 Å². The van der Waals surface area contributed by atoms with Crippen LogP contribution >= 0.6 is 0 Å². The zero-order chi connectivity index (χ0) is 13.5. The molecule has 0 bridgehead atoms. The van der Waals surface area contributed by atoms with Crippen LogP contribution < -0.4 is 5.32 Å². The molecule has 1 aliphatic rings. The molecule has 1 aliphatic heterocycles. The minimum absolute atomic E-state index is 0.360. The molecule has 1 fully saturated rings. The molecule has 1 saturated heterocycles. The third kappa shape index (κ3) is 4.60. The first kappa shape index (κ1) is 14.5. The van der Waals surface area contributed by atoms with Gasteiger partial charge in [0.15, 0.2) is 0 Å². The number of rotatable bonds is 6. The van der Waals surface area contributed by atoms with Crippen molar-refractivity contribution in [2.24, 2.45) is 0 Å². The van der Waals surface area contributed by atoms with Gasteiger partial charge in [-0.3, -0.25) is 0 Å². The number of aliphatic hydroxyl groups is 1. The lowest BCUT2D eigenvalue weighted by Gasteiger charge is -2.33. The maximum Gasteiger partial charge on any atom is 0.0916 e. The molecule has 19 heavy (non-hydrogen) atoms. The van der Waals surface area contributed by atoms with Crippen LogP contribution in [0.25, 0.3) is 0 Å². The van der Waals surface area contributed by atoms with E-state index < -0.39 is 0 Å². The monoisotopic (exact) mass is 262 g/mol. The van der Waals surface area contributed by atoms with Crippen molar-refractivity contribution in [3.63, 3.8) is 0 Å². The van der Waals surface area contributed by atoms with Crippen molar-refractivity contribution in [1.29, 1.82) is 0 Å². The van der Waals surface area contributed by atoms with Gasteiger partial charge in [-0.25, -0.2) is 0 Å². The van der Waals surface area contributed by atoms with Gasteiger partial charge in [-0.1, -0.05) is 37.3 Å². The van der Waals surface area contributed by atoms with E-state index in [2.05, 4.69) is 17.1 Å². The first-order chi connectivity index (χ1) is 9.29. The van der Waals surface area contributed by atoms with Crippen molar-refractivity contribution < 1.29 is 5.11 Å². The number of β-amino-alcohol motifs (C(OH)–C–C–N with tert-alkyl or cyclic N) is 1. The van der Waals surface area contributed by atoms with Crippen LogP contribution in [0.2, 0.25) is 0 Å². The molecule has 1 atom stereocenters. The number of hydrogen-bond donors (Lipinski definition) is 2. The molecule has 0 spiro atoms. The average molecular weight is 262 g/mol. The van der Waals surface area contributed by atoms with E-state index >= 15 is 0 Å². The second-order valence-electron chi connectivity index (χ2n) is 5.46. The lowest BCUT2D eigenvalue weighted by atomic mass is 10.0. The van der Waals surface area contributed by atoms with E-state index in [-0.39, 0.29) is 6.10 Å². The Bertz CT molecular complexity index is 347. The minimum Gasteiger partial charge on any atom is -0.387 e. The van der Waals surface area contributed by atoms with E-state index in [9.17, 15) is 5.11 Å². The summed E-state index contributed by atoms with van der Waals surface area (Å²) in [6.07, 6.45) is 3.23. The summed E-state index contributed by atoms with van der Waals surface area (Å²) < 4.78 is 0. The van der Waals surface area contributed by atoms with E-state index in [1.54, 1.807) is 0 Å². The standard InChI is InChI=1S/C16H26N2O/c1-2-10-17-15-8-11-18(12-9-15)13-16(19)14-6-4-3-5-7-14/h3-7,15-17,19H,2,8-13H2,1H3. The minimum atomic E-state index is -0.360. The van der Waals surface area contributed by atoms with Crippen LogP contribution in [-0.2, 0) is 0 Å². The normalized spacial score (nSPS) is 19.5. The Morgan fingerprint density at radius 1 is 1.26 bits per heavy atom. The second kappa shape index (κ2) is 7.63. The number of benzene rings is 1. The fourth-order valence-corrected chi connectivity index (χ4v) is 2.69. The van der Waals surface area contributed by atoms with Crippen LogP contribution in [0.5, 0.6) is 0 Å². The Morgan fingerprint density at radius 2 is 1.95 bits per heavy atom. The number of piperidine rings is 1. The van der Waals surface area contributed by atoms with Crippen molar-refractivity contribution in [3.8, 4) is 0 Å². The molecule has 3 nitrogen and oxygen atoms in total. The Labute approximate surface area is 116 Å². The van der Waals surface area contributed by atoms with Crippen molar-refractivity contribution >= 4 is 0 Å². The molecule has 0 aromatic heterocycles.